The largest absolute Gasteiger partial charge is 0.465 e. The SMILES string of the molecule is CC(C)(C)OC(=O)NC1=N[C@](C)(c2cc(N)ccc2F)CCO1. The molecule has 2 rings (SSSR count). The number of ether oxygens (including phenoxy) is 2. The van der Waals surface area contributed by atoms with Crippen molar-refractivity contribution >= 4 is 17.8 Å². The maximum Gasteiger partial charge on any atom is 0.415 e. The van der Waals surface area contributed by atoms with Crippen molar-refractivity contribution in [3.63, 3.8) is 0 Å². The number of anilines is 1. The first kappa shape index (κ1) is 17.1. The summed E-state index contributed by atoms with van der Waals surface area (Å²) in [6.45, 7) is 7.32. The van der Waals surface area contributed by atoms with Crippen molar-refractivity contribution in [2.45, 2.75) is 45.3 Å². The lowest BCUT2D eigenvalue weighted by Gasteiger charge is -2.31. The highest BCUT2D eigenvalue weighted by atomic mass is 19.1. The molecule has 0 aromatic heterocycles. The molecule has 0 spiro atoms. The monoisotopic (exact) mass is 323 g/mol. The number of nitrogen functional groups attached to an aromatic ring is 1. The molecule has 0 bridgehead atoms. The van der Waals surface area contributed by atoms with E-state index in [4.69, 9.17) is 15.2 Å². The molecule has 0 saturated carbocycles. The van der Waals surface area contributed by atoms with Gasteiger partial charge in [0.15, 0.2) is 0 Å². The van der Waals surface area contributed by atoms with Crippen molar-refractivity contribution in [1.82, 2.24) is 5.32 Å². The van der Waals surface area contributed by atoms with E-state index in [2.05, 4.69) is 10.3 Å². The standard InChI is InChI=1S/C16H22FN3O3/c1-15(2,3)23-14(21)19-13-20-16(4,7-8-22-13)11-9-10(18)5-6-12(11)17/h5-6,9H,7-8,18H2,1-4H3,(H,19,20,21)/t16-/m0/s1. The number of nitrogens with zero attached hydrogens (tertiary/aromatic N) is 1. The van der Waals surface area contributed by atoms with Gasteiger partial charge in [-0.15, -0.1) is 0 Å². The highest BCUT2D eigenvalue weighted by Gasteiger charge is 2.34. The summed E-state index contributed by atoms with van der Waals surface area (Å²) < 4.78 is 24.6. The molecule has 3 N–H and O–H groups in total. The van der Waals surface area contributed by atoms with Crippen LogP contribution in [-0.2, 0) is 15.0 Å². The highest BCUT2D eigenvalue weighted by molar-refractivity contribution is 5.91. The average molecular weight is 323 g/mol. The van der Waals surface area contributed by atoms with Crippen molar-refractivity contribution in [2.75, 3.05) is 12.3 Å². The summed E-state index contributed by atoms with van der Waals surface area (Å²) in [5, 5.41) is 2.45. The van der Waals surface area contributed by atoms with Crippen molar-refractivity contribution in [3.8, 4) is 0 Å². The molecule has 1 heterocycles. The minimum atomic E-state index is -0.873. The van der Waals surface area contributed by atoms with Crippen molar-refractivity contribution < 1.29 is 18.7 Å². The van der Waals surface area contributed by atoms with E-state index in [9.17, 15) is 9.18 Å². The lowest BCUT2D eigenvalue weighted by atomic mass is 9.88. The third kappa shape index (κ3) is 4.34. The van der Waals surface area contributed by atoms with Gasteiger partial charge >= 0.3 is 6.09 Å². The Morgan fingerprint density at radius 2 is 2.17 bits per heavy atom. The molecule has 0 radical (unpaired) electrons. The lowest BCUT2D eigenvalue weighted by molar-refractivity contribution is 0.0542. The topological polar surface area (TPSA) is 85.9 Å². The molecule has 1 aliphatic heterocycles. The number of nitrogens with two attached hydrogens (primary N) is 1. The van der Waals surface area contributed by atoms with E-state index in [0.717, 1.165) is 0 Å². The summed E-state index contributed by atoms with van der Waals surface area (Å²) in [7, 11) is 0. The Morgan fingerprint density at radius 1 is 1.48 bits per heavy atom. The summed E-state index contributed by atoms with van der Waals surface area (Å²) in [5.74, 6) is -0.399. The first-order valence-electron chi connectivity index (χ1n) is 7.37. The van der Waals surface area contributed by atoms with Crippen molar-refractivity contribution in [3.05, 3.63) is 29.6 Å². The number of halogens is 1. The number of carbonyl (C=O) groups excluding carboxylic acids is 1. The maximum absolute atomic E-state index is 14.1. The molecule has 6 nitrogen and oxygen atoms in total. The second-order valence-electron chi connectivity index (χ2n) is 6.66. The van der Waals surface area contributed by atoms with E-state index >= 15 is 0 Å². The number of carbonyl (C=O) groups is 1. The van der Waals surface area contributed by atoms with Crippen LogP contribution in [0.3, 0.4) is 0 Å². The molecule has 0 unspecified atom stereocenters. The second-order valence-corrected chi connectivity index (χ2v) is 6.66. The van der Waals surface area contributed by atoms with Crippen LogP contribution in [0.15, 0.2) is 23.2 Å². The Kier molecular flexibility index (Phi) is 4.49. The smallest absolute Gasteiger partial charge is 0.415 e. The van der Waals surface area contributed by atoms with Crippen molar-refractivity contribution in [1.29, 1.82) is 0 Å². The fourth-order valence-corrected chi connectivity index (χ4v) is 2.26. The Morgan fingerprint density at radius 3 is 2.83 bits per heavy atom. The molecule has 7 heteroatoms. The summed E-state index contributed by atoms with van der Waals surface area (Å²) in [5.41, 5.74) is 5.05. The third-order valence-corrected chi connectivity index (χ3v) is 3.35. The zero-order valence-electron chi connectivity index (χ0n) is 13.8. The number of alkyl carbamates (subject to hydrolysis) is 1. The number of benzene rings is 1. The van der Waals surface area contributed by atoms with Gasteiger partial charge in [-0.3, -0.25) is 0 Å². The van der Waals surface area contributed by atoms with Crippen LogP contribution >= 0.6 is 0 Å². The number of hydrogen-bond donors (Lipinski definition) is 2. The van der Waals surface area contributed by atoms with E-state index in [1.54, 1.807) is 33.8 Å². The predicted octanol–water partition coefficient (Wildman–Crippen LogP) is 2.92. The van der Waals surface area contributed by atoms with Gasteiger partial charge in [0.05, 0.1) is 12.1 Å². The molecule has 126 valence electrons. The Balaban J connectivity index is 2.23. The molecule has 1 aliphatic rings. The first-order chi connectivity index (χ1) is 10.6. The zero-order valence-corrected chi connectivity index (χ0v) is 13.8. The van der Waals surface area contributed by atoms with E-state index in [1.807, 2.05) is 0 Å². The third-order valence-electron chi connectivity index (χ3n) is 3.35. The number of nitrogens with one attached hydrogen (secondary N) is 1. The summed E-state index contributed by atoms with van der Waals surface area (Å²) >= 11 is 0. The highest BCUT2D eigenvalue weighted by Crippen LogP contribution is 2.34. The number of hydrogen-bond acceptors (Lipinski definition) is 5. The first-order valence-corrected chi connectivity index (χ1v) is 7.37. The van der Waals surface area contributed by atoms with Gasteiger partial charge in [-0.1, -0.05) is 0 Å². The van der Waals surface area contributed by atoms with E-state index in [0.29, 0.717) is 24.3 Å². The van der Waals surface area contributed by atoms with Crippen LogP contribution in [0.1, 0.15) is 39.7 Å². The Bertz CT molecular complexity index is 640. The molecule has 0 saturated heterocycles. The minimum Gasteiger partial charge on any atom is -0.465 e. The van der Waals surface area contributed by atoms with Crippen LogP contribution in [0.2, 0.25) is 0 Å². The number of aliphatic imine (C=N–C) groups is 1. The van der Waals surface area contributed by atoms with Gasteiger partial charge in [0.1, 0.15) is 11.4 Å². The van der Waals surface area contributed by atoms with Gasteiger partial charge in [0.2, 0.25) is 0 Å². The van der Waals surface area contributed by atoms with Crippen LogP contribution in [0.25, 0.3) is 0 Å². The van der Waals surface area contributed by atoms with Crippen molar-refractivity contribution in [2.24, 2.45) is 4.99 Å². The van der Waals surface area contributed by atoms with Crippen LogP contribution < -0.4 is 11.1 Å². The number of amidine groups is 1. The van der Waals surface area contributed by atoms with Crippen LogP contribution in [0.5, 0.6) is 0 Å². The van der Waals surface area contributed by atoms with Crippen LogP contribution in [0, 0.1) is 5.82 Å². The van der Waals surface area contributed by atoms with Gasteiger partial charge < -0.3 is 15.2 Å². The fraction of sp³-hybridized carbons (Fsp3) is 0.500. The van der Waals surface area contributed by atoms with Gasteiger partial charge in [-0.2, -0.15) is 0 Å². The van der Waals surface area contributed by atoms with Gasteiger partial charge in [0.25, 0.3) is 6.02 Å². The molecule has 23 heavy (non-hydrogen) atoms. The number of amides is 1. The Hall–Kier alpha value is -2.31. The quantitative estimate of drug-likeness (QED) is 0.778. The molecule has 0 aliphatic carbocycles. The second kappa shape index (κ2) is 6.06. The molecular weight excluding hydrogens is 301 g/mol. The van der Waals surface area contributed by atoms with E-state index in [1.165, 1.54) is 12.1 Å². The van der Waals surface area contributed by atoms with Gasteiger partial charge in [-0.05, 0) is 45.9 Å². The lowest BCUT2D eigenvalue weighted by Crippen LogP contribution is -2.42. The molecule has 0 fully saturated rings. The minimum absolute atomic E-state index is 0.00910. The summed E-state index contributed by atoms with van der Waals surface area (Å²) in [4.78, 5) is 16.2. The predicted molar refractivity (Wildman–Crippen MR) is 85.5 cm³/mol. The molecule has 1 amide bonds. The summed E-state index contributed by atoms with van der Waals surface area (Å²) in [6, 6.07) is 4.36. The average Bonchev–Trinajstić information content (AvgIpc) is 2.39. The molecule has 1 aromatic rings. The maximum atomic E-state index is 14.1. The molecule has 1 atom stereocenters. The molecular formula is C16H22FN3O3. The van der Waals surface area contributed by atoms with Gasteiger partial charge in [0, 0.05) is 17.7 Å². The van der Waals surface area contributed by atoms with Crippen LogP contribution in [-0.4, -0.2) is 24.3 Å². The number of rotatable bonds is 1. The Labute approximate surface area is 134 Å². The molecule has 1 aromatic carbocycles. The zero-order chi connectivity index (χ0) is 17.3. The van der Waals surface area contributed by atoms with E-state index < -0.39 is 23.1 Å². The van der Waals surface area contributed by atoms with E-state index in [-0.39, 0.29) is 6.02 Å². The normalized spacial score (nSPS) is 21.2. The van der Waals surface area contributed by atoms with Gasteiger partial charge in [-0.25, -0.2) is 19.5 Å². The van der Waals surface area contributed by atoms with Crippen LogP contribution in [0.4, 0.5) is 14.9 Å². The summed E-state index contributed by atoms with van der Waals surface area (Å²) in [6.07, 6.45) is -0.207. The fourth-order valence-electron chi connectivity index (χ4n) is 2.26.